The smallest absolute Gasteiger partial charge is 0.260 e. The Bertz CT molecular complexity index is 1890. The van der Waals surface area contributed by atoms with Crippen LogP contribution in [0.15, 0.2) is 76.0 Å². The van der Waals surface area contributed by atoms with Crippen molar-refractivity contribution in [1.29, 1.82) is 0 Å². The number of nitrogens with zero attached hydrogens (tertiary/aromatic N) is 4. The molecule has 10 nitrogen and oxygen atoms in total. The zero-order valence-corrected chi connectivity index (χ0v) is 29.6. The summed E-state index contributed by atoms with van der Waals surface area (Å²) in [6, 6.07) is 13.1. The topological polar surface area (TPSA) is 102 Å². The Kier molecular flexibility index (Phi) is 8.49. The van der Waals surface area contributed by atoms with E-state index in [0.29, 0.717) is 45.5 Å². The Morgan fingerprint density at radius 2 is 1.10 bits per heavy atom. The van der Waals surface area contributed by atoms with E-state index in [1.807, 2.05) is 38.7 Å². The van der Waals surface area contributed by atoms with Crippen LogP contribution in [0.3, 0.4) is 0 Å². The van der Waals surface area contributed by atoms with Crippen molar-refractivity contribution in [3.63, 3.8) is 0 Å². The number of ether oxygens (including phenoxy) is 4. The second-order valence-corrected chi connectivity index (χ2v) is 14.4. The van der Waals surface area contributed by atoms with E-state index < -0.39 is 0 Å². The van der Waals surface area contributed by atoms with E-state index in [4.69, 9.17) is 18.9 Å². The maximum Gasteiger partial charge on any atom is 0.260 e. The fourth-order valence-electron chi connectivity index (χ4n) is 6.79. The van der Waals surface area contributed by atoms with Gasteiger partial charge in [-0.15, -0.1) is 0 Å². The lowest BCUT2D eigenvalue weighted by Crippen LogP contribution is -2.32. The molecule has 0 radical (unpaired) electrons. The zero-order chi connectivity index (χ0) is 35.3. The molecule has 0 saturated heterocycles. The van der Waals surface area contributed by atoms with Crippen LogP contribution >= 0.6 is 0 Å². The van der Waals surface area contributed by atoms with Gasteiger partial charge in [0.2, 0.25) is 0 Å². The number of rotatable bonds is 8. The molecule has 10 heteroatoms. The van der Waals surface area contributed by atoms with Crippen molar-refractivity contribution >= 4 is 35.6 Å². The summed E-state index contributed by atoms with van der Waals surface area (Å²) < 4.78 is 24.1. The number of hydrogen-bond acceptors (Lipinski definition) is 8. The lowest BCUT2D eigenvalue weighted by Gasteiger charge is -2.22. The first-order valence-electron chi connectivity index (χ1n) is 16.8. The summed E-state index contributed by atoms with van der Waals surface area (Å²) in [7, 11) is 3.13. The number of hydrogen-bond donors (Lipinski definition) is 0. The van der Waals surface area contributed by atoms with Gasteiger partial charge in [-0.3, -0.25) is 19.6 Å². The van der Waals surface area contributed by atoms with E-state index >= 15 is 0 Å². The molecule has 4 aliphatic heterocycles. The molecule has 3 aromatic rings. The van der Waals surface area contributed by atoms with Gasteiger partial charge in [0.15, 0.2) is 23.0 Å². The van der Waals surface area contributed by atoms with E-state index in [1.165, 1.54) is 0 Å². The molecule has 0 saturated carbocycles. The number of benzene rings is 3. The van der Waals surface area contributed by atoms with Crippen LogP contribution in [0.2, 0.25) is 0 Å². The van der Waals surface area contributed by atoms with Crippen molar-refractivity contribution in [3.8, 4) is 23.0 Å². The van der Waals surface area contributed by atoms with Crippen LogP contribution in [-0.2, 0) is 18.6 Å². The standard InChI is InChI=1S/C40H42N4O6/c1-23-8-28-17-41-32-15-36(34(47-6)13-30(32)38(45)43(28)19-23)49-21-25-10-26(12-27(11-25)40(3,4)5)22-50-37-16-33-31(14-35(37)48-7)39(46)44-20-24(2)9-29(44)18-42-33/h10-20,28-29H,8-9,21-22H2,1-7H3/t28-,29-/m0/s1. The Hall–Kier alpha value is -5.38. The fourth-order valence-corrected chi connectivity index (χ4v) is 6.79. The van der Waals surface area contributed by atoms with Gasteiger partial charge in [0.1, 0.15) is 13.2 Å². The summed E-state index contributed by atoms with van der Waals surface area (Å²) >= 11 is 0. The summed E-state index contributed by atoms with van der Waals surface area (Å²) in [6.45, 7) is 11.0. The Labute approximate surface area is 292 Å². The molecule has 0 spiro atoms. The molecule has 2 atom stereocenters. The molecule has 4 aliphatic rings. The normalized spacial score (nSPS) is 19.2. The average molecular weight is 675 g/mol. The summed E-state index contributed by atoms with van der Waals surface area (Å²) in [5.41, 5.74) is 7.22. The number of carbonyl (C=O) groups excluding carboxylic acids is 2. The van der Waals surface area contributed by atoms with Crippen LogP contribution in [0.5, 0.6) is 23.0 Å². The highest BCUT2D eigenvalue weighted by molar-refractivity contribution is 6.05. The summed E-state index contributed by atoms with van der Waals surface area (Å²) in [6.07, 6.45) is 8.99. The van der Waals surface area contributed by atoms with Crippen molar-refractivity contribution in [2.24, 2.45) is 9.98 Å². The van der Waals surface area contributed by atoms with Gasteiger partial charge in [-0.05, 0) is 67.0 Å². The van der Waals surface area contributed by atoms with Gasteiger partial charge in [0.25, 0.3) is 11.8 Å². The van der Waals surface area contributed by atoms with Crippen molar-refractivity contribution in [2.45, 2.75) is 78.2 Å². The third kappa shape index (κ3) is 6.26. The highest BCUT2D eigenvalue weighted by atomic mass is 16.5. The van der Waals surface area contributed by atoms with Crippen molar-refractivity contribution in [2.75, 3.05) is 14.2 Å². The Morgan fingerprint density at radius 3 is 1.50 bits per heavy atom. The molecule has 0 aliphatic carbocycles. The maximum atomic E-state index is 13.4. The monoisotopic (exact) mass is 674 g/mol. The number of amides is 2. The van der Waals surface area contributed by atoms with Gasteiger partial charge in [0.05, 0.1) is 48.8 Å². The lowest BCUT2D eigenvalue weighted by atomic mass is 9.85. The lowest BCUT2D eigenvalue weighted by molar-refractivity contribution is 0.0809. The van der Waals surface area contributed by atoms with E-state index in [-0.39, 0.29) is 42.5 Å². The van der Waals surface area contributed by atoms with Crippen LogP contribution in [0.25, 0.3) is 0 Å². The number of methoxy groups -OCH3 is 2. The third-order valence-electron chi connectivity index (χ3n) is 9.47. The summed E-state index contributed by atoms with van der Waals surface area (Å²) in [5.74, 6) is 1.71. The van der Waals surface area contributed by atoms with Crippen molar-refractivity contribution < 1.29 is 28.5 Å². The SMILES string of the molecule is COc1cc2c(cc1OCc1cc(COc3cc4c(cc3OC)C(=O)N3C=C(C)C[C@H]3C=N4)cc(C(C)(C)C)c1)N=C[C@@H]1CC(C)=CN1C2=O. The third-order valence-corrected chi connectivity index (χ3v) is 9.47. The summed E-state index contributed by atoms with van der Waals surface area (Å²) in [5, 5.41) is 0. The minimum atomic E-state index is -0.140. The Balaban J connectivity index is 1.13. The predicted molar refractivity (Wildman–Crippen MR) is 193 cm³/mol. The molecule has 50 heavy (non-hydrogen) atoms. The highest BCUT2D eigenvalue weighted by Gasteiger charge is 2.33. The van der Waals surface area contributed by atoms with E-state index in [0.717, 1.165) is 40.7 Å². The van der Waals surface area contributed by atoms with Gasteiger partial charge < -0.3 is 28.7 Å². The first kappa shape index (κ1) is 33.1. The van der Waals surface area contributed by atoms with Gasteiger partial charge in [-0.25, -0.2) is 0 Å². The molecule has 0 N–H and O–H groups in total. The number of fused-ring (bicyclic) bond motifs is 4. The molecule has 0 unspecified atom stereocenters. The molecular weight excluding hydrogens is 632 g/mol. The molecule has 0 aromatic heterocycles. The minimum Gasteiger partial charge on any atom is -0.493 e. The average Bonchev–Trinajstić information content (AvgIpc) is 3.60. The second-order valence-electron chi connectivity index (χ2n) is 14.4. The van der Waals surface area contributed by atoms with Crippen LogP contribution in [0.4, 0.5) is 11.4 Å². The Morgan fingerprint density at radius 1 is 0.660 bits per heavy atom. The van der Waals surface area contributed by atoms with Crippen LogP contribution in [0.1, 0.15) is 84.9 Å². The quantitative estimate of drug-likeness (QED) is 0.241. The fraction of sp³-hybridized carbons (Fsp3) is 0.350. The predicted octanol–water partition coefficient (Wildman–Crippen LogP) is 7.83. The van der Waals surface area contributed by atoms with Crippen molar-refractivity contribution in [3.05, 3.63) is 93.8 Å². The van der Waals surface area contributed by atoms with Gasteiger partial charge in [-0.1, -0.05) is 44.1 Å². The van der Waals surface area contributed by atoms with E-state index in [2.05, 4.69) is 49.0 Å². The molecule has 258 valence electrons. The van der Waals surface area contributed by atoms with Crippen molar-refractivity contribution in [1.82, 2.24) is 9.80 Å². The molecule has 3 aromatic carbocycles. The van der Waals surface area contributed by atoms with Gasteiger partial charge in [-0.2, -0.15) is 0 Å². The van der Waals surface area contributed by atoms with Crippen LogP contribution < -0.4 is 18.9 Å². The van der Waals surface area contributed by atoms with Gasteiger partial charge in [0, 0.05) is 37.0 Å². The maximum absolute atomic E-state index is 13.4. The van der Waals surface area contributed by atoms with Crippen LogP contribution in [0, 0.1) is 0 Å². The molecule has 0 fully saturated rings. The minimum absolute atomic E-state index is 0.0912. The molecule has 2 amide bonds. The van der Waals surface area contributed by atoms with Crippen LogP contribution in [-0.4, -0.2) is 60.3 Å². The first-order chi connectivity index (χ1) is 23.9. The molecular formula is C40H42N4O6. The van der Waals surface area contributed by atoms with E-state index in [1.54, 1.807) is 48.3 Å². The molecule has 4 heterocycles. The number of aliphatic imine (C=N–C) groups is 2. The zero-order valence-electron chi connectivity index (χ0n) is 29.6. The largest absolute Gasteiger partial charge is 0.493 e. The van der Waals surface area contributed by atoms with Gasteiger partial charge >= 0.3 is 0 Å². The number of carbonyl (C=O) groups is 2. The highest BCUT2D eigenvalue weighted by Crippen LogP contribution is 2.41. The molecule has 7 rings (SSSR count). The second kappa shape index (κ2) is 12.8. The summed E-state index contributed by atoms with van der Waals surface area (Å²) in [4.78, 5) is 39.6. The molecule has 0 bridgehead atoms. The first-order valence-corrected chi connectivity index (χ1v) is 16.8. The van der Waals surface area contributed by atoms with E-state index in [9.17, 15) is 9.59 Å².